The molecule has 6 unspecified atom stereocenters. The Balaban J connectivity index is 0.000000268. The van der Waals surface area contributed by atoms with Crippen molar-refractivity contribution in [2.75, 3.05) is 34.8 Å². The van der Waals surface area contributed by atoms with Gasteiger partial charge in [-0.05, 0) is 196 Å². The Morgan fingerprint density at radius 1 is 0.383 bits per heavy atom. The van der Waals surface area contributed by atoms with Gasteiger partial charge in [0.05, 0.1) is 70.8 Å². The van der Waals surface area contributed by atoms with Gasteiger partial charge in [-0.3, -0.25) is 0 Å². The average Bonchev–Trinajstić information content (AvgIpc) is 1.06. The van der Waals surface area contributed by atoms with Gasteiger partial charge in [0.15, 0.2) is 18.3 Å². The molecule has 0 saturated carbocycles. The monoisotopic (exact) mass is 2440 g/mol. The summed E-state index contributed by atoms with van der Waals surface area (Å²) >= 11 is 22.4. The van der Waals surface area contributed by atoms with Crippen molar-refractivity contribution in [3.8, 4) is 50.6 Å². The minimum absolute atomic E-state index is 0. The number of hydrogen-bond donors (Lipinski definition) is 3. The van der Waals surface area contributed by atoms with E-state index in [1.54, 1.807) is 109 Å². The molecule has 0 bridgehead atoms. The van der Waals surface area contributed by atoms with Crippen molar-refractivity contribution in [3.63, 3.8) is 0 Å². The van der Waals surface area contributed by atoms with E-state index in [0.717, 1.165) is 40.2 Å². The number of aliphatic hydroxyl groups excluding tert-OH is 2. The van der Waals surface area contributed by atoms with Crippen LogP contribution in [0.3, 0.4) is 0 Å². The fraction of sp³-hybridized carbons (Fsp3) is 0.310. The Kier molecular flexibility index (Phi) is 45.4. The number of anilines is 3. The first-order chi connectivity index (χ1) is 64.6. The Labute approximate surface area is 853 Å². The van der Waals surface area contributed by atoms with Crippen molar-refractivity contribution >= 4 is 118 Å². The average molecular weight is 2440 g/mol. The molecule has 4 heterocycles. The van der Waals surface area contributed by atoms with Crippen LogP contribution < -0.4 is 32.9 Å². The molecule has 1 radical (unpaired) electrons. The van der Waals surface area contributed by atoms with Gasteiger partial charge in [-0.25, -0.2) is 0 Å². The van der Waals surface area contributed by atoms with E-state index in [0.29, 0.717) is 102 Å². The van der Waals surface area contributed by atoms with E-state index < -0.39 is 163 Å². The quantitative estimate of drug-likeness (QED) is 0.0333. The van der Waals surface area contributed by atoms with Gasteiger partial charge in [-0.2, -0.15) is 39.5 Å². The van der Waals surface area contributed by atoms with Crippen molar-refractivity contribution in [3.05, 3.63) is 278 Å². The number of nitrogens with one attached hydrogen (secondary N) is 1. The first kappa shape index (κ1) is 122. The molecule has 0 amide bonds. The normalized spacial score (nSPS) is 16.3. The van der Waals surface area contributed by atoms with Crippen LogP contribution in [-0.4, -0.2) is 123 Å². The van der Waals surface area contributed by atoms with Crippen LogP contribution in [0.5, 0.6) is 17.2 Å². The minimum atomic E-state index is -5.09. The second-order valence-electron chi connectivity index (χ2n) is 30.4. The van der Waals surface area contributed by atoms with Crippen LogP contribution >= 0.6 is 46.4 Å². The predicted octanol–water partition coefficient (Wildman–Crippen LogP) is 27.7. The molecule has 4 aliphatic rings. The van der Waals surface area contributed by atoms with Crippen LogP contribution in [0.15, 0.2) is 224 Å². The van der Waals surface area contributed by atoms with E-state index in [1.165, 1.54) is 61.9 Å². The molecule has 10 aromatic carbocycles. The summed E-state index contributed by atoms with van der Waals surface area (Å²) in [6.07, 6.45) is -46.7. The first-order valence-corrected chi connectivity index (χ1v) is 54.1. The van der Waals surface area contributed by atoms with Crippen LogP contribution in [0.1, 0.15) is 70.8 Å². The van der Waals surface area contributed by atoms with E-state index in [9.17, 15) is 129 Å². The van der Waals surface area contributed by atoms with E-state index >= 15 is 0 Å². The fourth-order valence-corrected chi connectivity index (χ4v) is 18.8. The summed E-state index contributed by atoms with van der Waals surface area (Å²) in [5.41, 5.74) is 10.5. The van der Waals surface area contributed by atoms with Gasteiger partial charge in [-0.15, -0.1) is 79.0 Å². The zero-order chi connectivity index (χ0) is 105. The summed E-state index contributed by atoms with van der Waals surface area (Å²) in [4.78, 5) is 10.1. The Morgan fingerprint density at radius 3 is 0.957 bits per heavy atom. The van der Waals surface area contributed by atoms with Gasteiger partial charge in [0.25, 0.3) is 0 Å². The van der Waals surface area contributed by atoms with Crippen LogP contribution in [-0.2, 0) is 94.8 Å². The van der Waals surface area contributed by atoms with Gasteiger partial charge >= 0.3 is 181 Å². The van der Waals surface area contributed by atoms with Crippen LogP contribution in [0.25, 0.3) is 33.4 Å². The molecule has 779 valence electrons. The number of alkyl halides is 27. The van der Waals surface area contributed by atoms with Crippen LogP contribution in [0.4, 0.5) is 136 Å². The molecule has 14 rings (SSSR count). The molecule has 1 fully saturated rings. The fourth-order valence-electron chi connectivity index (χ4n) is 13.9. The minimum Gasteiger partial charge on any atom is 3.00 e. The van der Waals surface area contributed by atoms with Crippen molar-refractivity contribution in [1.82, 2.24) is 0 Å². The van der Waals surface area contributed by atoms with Gasteiger partial charge in [0.1, 0.15) is 17.2 Å². The van der Waals surface area contributed by atoms with Crippen LogP contribution in [0.2, 0.25) is 34.9 Å². The second kappa shape index (κ2) is 52.5. The predicted molar refractivity (Wildman–Crippen MR) is 464 cm³/mol. The SMILES string of the molecule is FC(F)(F)C1CO1.FC(F)(F)Oc1cccc(-c2cccc3c2CCC(c2cccc(Cl)c2)N3)c1.O=[S-](=O)OC(F)(F)F.O=[S-](=O)OC(F)(F)F.O=[S-](=O)OC(F)(F)F.OC(CN1c2cccc(-c3cccc(OC(F)(F)F)c3)c2CCC1c1cccc(Cl)c1)C(F)(F)F.OC(CN1c2cccc(-c3cccc(OC(F)(F)F)c3)c2CCC1c1cccc(Cl)c1)C(F)(F)F.[CH3][Sn]([CH3])([CH3])[c]1cccc(Cl)c1.[Yb+3]. The van der Waals surface area contributed by atoms with Crippen molar-refractivity contribution < 1.29 is 232 Å². The van der Waals surface area contributed by atoms with Gasteiger partial charge in [0, 0.05) is 32.1 Å². The van der Waals surface area contributed by atoms with Gasteiger partial charge in [0.2, 0.25) is 0 Å². The molecule has 10 aromatic rings. The summed E-state index contributed by atoms with van der Waals surface area (Å²) in [5, 5.41) is 25.8. The maximum atomic E-state index is 13.3. The van der Waals surface area contributed by atoms with Crippen molar-refractivity contribution in [1.29, 1.82) is 0 Å². The maximum Gasteiger partial charge on any atom is 3.00 e. The summed E-state index contributed by atoms with van der Waals surface area (Å²) in [6.45, 7) is -1.58. The molecule has 0 aliphatic carbocycles. The summed E-state index contributed by atoms with van der Waals surface area (Å²) in [7, 11) is -10.5. The molecule has 6 atom stereocenters. The number of rotatable bonds is 17. The molecule has 1 saturated heterocycles. The number of ether oxygens (including phenoxy) is 4. The summed E-state index contributed by atoms with van der Waals surface area (Å²) in [6, 6.07) is 61.5. The van der Waals surface area contributed by atoms with E-state index in [2.05, 4.69) is 63.8 Å². The molecule has 141 heavy (non-hydrogen) atoms. The zero-order valence-electron chi connectivity index (χ0n) is 71.5. The smallest absolute Gasteiger partial charge is 3.00 e. The number of hydrogen-bond acceptors (Lipinski definition) is 21. The number of β-amino-alcohol motifs (C(OH)–C–C–N with tert-alkyl or cyclic N) is 2. The topological polar surface area (TPSA) is 229 Å². The molecule has 3 N–H and O–H groups in total. The molecule has 4 aliphatic heterocycles. The maximum absolute atomic E-state index is 13.3. The Morgan fingerprint density at radius 2 is 0.681 bits per heavy atom. The number of fused-ring (bicyclic) bond motifs is 3. The Bertz CT molecular complexity index is 5720. The molecular formula is C87H73Cl4F27N3O15S3SnYb. The second-order valence-corrected chi connectivity index (χ2v) is 48.4. The number of benzene rings is 10. The van der Waals surface area contributed by atoms with E-state index in [-0.39, 0.29) is 65.3 Å². The number of epoxide rings is 1. The number of nitrogens with zero attached hydrogens (tertiary/aromatic N) is 2. The zero-order valence-corrected chi connectivity index (χ0v) is 81.5. The standard InChI is InChI=1S/2C25H20ClF6NO2.C22H17ClF3NO.C6H4Cl.C3H3F3O.3CF3O3S.3CH3.Sn.Yb/c2*26-17-6-1-5-16(12-17)21-11-10-20-19(15-4-2-7-18(13-15)35-25(30,31)32)8-3-9-22(20)33(21)14-23(34)24(27,28)29;23-16-6-1-5-15(12-16)20-11-10-19-18(8-3-9-21(19)27-20)14-4-2-7-17(13-14)28-22(24,25)26;7-6-4-2-1-3-5-6;4-3(5,6)2-1-7-2;3*2-1(3,4)7-8(5)6;;;;;/h2*1-9,12-13,21,23,34H,10-11,14H2;1-9,12-13,20,27H,10-11H2;1-2,4-5H;2H,1H2;;;;3*1H3;;/q;;;;;3*-1;;;;;+3. The third-order valence-corrected chi connectivity index (χ3v) is 27.2. The number of aliphatic hydroxyl groups is 2. The molecular weight excluding hydrogens is 2370 g/mol. The van der Waals surface area contributed by atoms with Crippen LogP contribution in [0, 0.1) is 46.9 Å². The Hall–Kier alpha value is -7.80. The molecule has 0 aromatic heterocycles. The van der Waals surface area contributed by atoms with Gasteiger partial charge < -0.3 is 82.1 Å². The first-order valence-electron chi connectivity index (χ1n) is 39.6. The third kappa shape index (κ3) is 43.0. The molecule has 18 nitrogen and oxygen atoms in total. The van der Waals surface area contributed by atoms with E-state index in [1.807, 2.05) is 54.6 Å². The third-order valence-electron chi connectivity index (χ3n) is 19.4. The molecule has 0 spiro atoms. The van der Waals surface area contributed by atoms with Crippen molar-refractivity contribution in [2.45, 2.75) is 146 Å². The van der Waals surface area contributed by atoms with Gasteiger partial charge in [-0.1, -0.05) is 144 Å². The largest absolute Gasteiger partial charge is 3.00 e. The summed E-state index contributed by atoms with van der Waals surface area (Å²) < 4.78 is 402. The van der Waals surface area contributed by atoms with E-state index in [4.69, 9.17) is 71.7 Å². The number of halogens is 31. The van der Waals surface area contributed by atoms with Crippen molar-refractivity contribution in [2.24, 2.45) is 0 Å². The summed E-state index contributed by atoms with van der Waals surface area (Å²) in [5.74, 6) is -1.02. The molecule has 54 heteroatoms.